The van der Waals surface area contributed by atoms with Crippen molar-refractivity contribution in [3.8, 4) is 11.8 Å². The van der Waals surface area contributed by atoms with Gasteiger partial charge in [-0.2, -0.15) is 5.26 Å². The summed E-state index contributed by atoms with van der Waals surface area (Å²) in [6, 6.07) is 14.1. The fourth-order valence-electron chi connectivity index (χ4n) is 2.74. The average Bonchev–Trinajstić information content (AvgIpc) is 3.12. The number of carbonyl (C=O) groups is 1. The molecule has 1 aromatic heterocycles. The zero-order valence-corrected chi connectivity index (χ0v) is 15.7. The van der Waals surface area contributed by atoms with E-state index in [0.717, 1.165) is 11.1 Å². The van der Waals surface area contributed by atoms with Gasteiger partial charge in [-0.15, -0.1) is 0 Å². The molecule has 2 aromatic carbocycles. The molecule has 28 heavy (non-hydrogen) atoms. The molecule has 0 saturated carbocycles. The number of hydrogen-bond acceptors (Lipinski definition) is 6. The highest BCUT2D eigenvalue weighted by Gasteiger charge is 2.22. The van der Waals surface area contributed by atoms with Crippen LogP contribution in [0.5, 0.6) is 5.75 Å². The number of methoxy groups -OCH3 is 1. The van der Waals surface area contributed by atoms with Crippen LogP contribution in [0.15, 0.2) is 48.2 Å². The molecule has 142 valence electrons. The lowest BCUT2D eigenvalue weighted by atomic mass is 10.1. The minimum absolute atomic E-state index is 0.0852. The maximum Gasteiger partial charge on any atom is 0.338 e. The average molecular weight is 377 g/mol. The number of nitriles is 1. The summed E-state index contributed by atoms with van der Waals surface area (Å²) in [5.41, 5.74) is 2.47. The van der Waals surface area contributed by atoms with Gasteiger partial charge < -0.3 is 19.6 Å². The molecule has 0 bridgehead atoms. The van der Waals surface area contributed by atoms with Gasteiger partial charge in [0, 0.05) is 0 Å². The van der Waals surface area contributed by atoms with E-state index in [4.69, 9.17) is 9.47 Å². The molecule has 2 N–H and O–H groups in total. The quantitative estimate of drug-likeness (QED) is 0.396. The number of esters is 1. The van der Waals surface area contributed by atoms with Crippen molar-refractivity contribution in [1.82, 2.24) is 9.97 Å². The van der Waals surface area contributed by atoms with Crippen molar-refractivity contribution in [2.45, 2.75) is 20.0 Å². The molecule has 7 nitrogen and oxygen atoms in total. The Morgan fingerprint density at radius 1 is 1.29 bits per heavy atom. The number of benzene rings is 2. The van der Waals surface area contributed by atoms with Crippen LogP contribution in [0.2, 0.25) is 0 Å². The molecule has 0 aliphatic carbocycles. The first kappa shape index (κ1) is 19.0. The zero-order chi connectivity index (χ0) is 20.3. The SMILES string of the molecule is COc1cc(C(=O)O[C@@H](C)/C(O)=C(\C#N)c2nc3ccccc3[nH]2)ccc1C. The van der Waals surface area contributed by atoms with E-state index in [1.54, 1.807) is 24.3 Å². The van der Waals surface area contributed by atoms with E-state index in [0.29, 0.717) is 11.3 Å². The maximum absolute atomic E-state index is 12.4. The fourth-order valence-corrected chi connectivity index (χ4v) is 2.74. The van der Waals surface area contributed by atoms with Crippen molar-refractivity contribution in [2.75, 3.05) is 7.11 Å². The first-order chi connectivity index (χ1) is 13.4. The van der Waals surface area contributed by atoms with Crippen molar-refractivity contribution < 1.29 is 19.4 Å². The van der Waals surface area contributed by atoms with Crippen LogP contribution in [-0.4, -0.2) is 34.3 Å². The van der Waals surface area contributed by atoms with Crippen LogP contribution in [-0.2, 0) is 4.74 Å². The molecule has 0 aliphatic heterocycles. The van der Waals surface area contributed by atoms with Crippen molar-refractivity contribution in [2.24, 2.45) is 0 Å². The number of aromatic nitrogens is 2. The number of aliphatic hydroxyl groups is 1. The lowest BCUT2D eigenvalue weighted by molar-refractivity contribution is 0.0333. The second-order valence-electron chi connectivity index (χ2n) is 6.21. The molecule has 0 saturated heterocycles. The molecule has 1 atom stereocenters. The highest BCUT2D eigenvalue weighted by atomic mass is 16.6. The predicted octanol–water partition coefficient (Wildman–Crippen LogP) is 3.92. The van der Waals surface area contributed by atoms with Crippen molar-refractivity contribution >= 4 is 22.6 Å². The summed E-state index contributed by atoms with van der Waals surface area (Å²) in [6.45, 7) is 3.34. The van der Waals surface area contributed by atoms with Crippen LogP contribution in [0.3, 0.4) is 0 Å². The van der Waals surface area contributed by atoms with Crippen LogP contribution >= 0.6 is 0 Å². The number of carbonyl (C=O) groups excluding carboxylic acids is 1. The summed E-state index contributed by atoms with van der Waals surface area (Å²) >= 11 is 0. The number of ether oxygens (including phenoxy) is 2. The summed E-state index contributed by atoms with van der Waals surface area (Å²) in [4.78, 5) is 19.7. The number of allylic oxidation sites excluding steroid dienone is 1. The van der Waals surface area contributed by atoms with Gasteiger partial charge in [-0.3, -0.25) is 0 Å². The largest absolute Gasteiger partial charge is 0.507 e. The summed E-state index contributed by atoms with van der Waals surface area (Å²) in [6.07, 6.45) is -1.04. The van der Waals surface area contributed by atoms with Crippen LogP contribution in [0.1, 0.15) is 28.7 Å². The minimum atomic E-state index is -1.04. The molecule has 7 heteroatoms. The number of fused-ring (bicyclic) bond motifs is 1. The Balaban J connectivity index is 1.86. The lowest BCUT2D eigenvalue weighted by Gasteiger charge is -2.14. The Hall–Kier alpha value is -3.79. The van der Waals surface area contributed by atoms with Gasteiger partial charge in [0.05, 0.1) is 23.7 Å². The molecular weight excluding hydrogens is 358 g/mol. The van der Waals surface area contributed by atoms with Crippen LogP contribution in [0.25, 0.3) is 16.6 Å². The summed E-state index contributed by atoms with van der Waals surface area (Å²) in [5.74, 6) is -0.254. The van der Waals surface area contributed by atoms with Gasteiger partial charge in [0.25, 0.3) is 0 Å². The number of nitrogens with one attached hydrogen (secondary N) is 1. The van der Waals surface area contributed by atoms with E-state index >= 15 is 0 Å². The lowest BCUT2D eigenvalue weighted by Crippen LogP contribution is -2.18. The molecule has 0 amide bonds. The zero-order valence-electron chi connectivity index (χ0n) is 15.7. The van der Waals surface area contributed by atoms with Crippen LogP contribution in [0.4, 0.5) is 0 Å². The molecule has 0 fully saturated rings. The Labute approximate surface area is 161 Å². The van der Waals surface area contributed by atoms with Gasteiger partial charge in [0.15, 0.2) is 17.7 Å². The van der Waals surface area contributed by atoms with Crippen LogP contribution < -0.4 is 4.74 Å². The molecular formula is C21H19N3O4. The molecule has 0 spiro atoms. The second kappa shape index (κ2) is 7.84. The fraction of sp³-hybridized carbons (Fsp3) is 0.190. The molecule has 1 heterocycles. The van der Waals surface area contributed by atoms with E-state index in [-0.39, 0.29) is 22.7 Å². The number of rotatable bonds is 5. The van der Waals surface area contributed by atoms with Gasteiger partial charge in [-0.05, 0) is 43.7 Å². The molecule has 3 rings (SSSR count). The van der Waals surface area contributed by atoms with Gasteiger partial charge in [0.2, 0.25) is 0 Å². The van der Waals surface area contributed by atoms with Crippen LogP contribution in [0, 0.1) is 18.3 Å². The second-order valence-corrected chi connectivity index (χ2v) is 6.21. The summed E-state index contributed by atoms with van der Waals surface area (Å²) < 4.78 is 10.5. The third kappa shape index (κ3) is 3.67. The van der Waals surface area contributed by atoms with E-state index in [9.17, 15) is 15.2 Å². The van der Waals surface area contributed by atoms with Crippen molar-refractivity contribution in [3.05, 3.63) is 65.2 Å². The number of hydrogen-bond donors (Lipinski definition) is 2. The first-order valence-corrected chi connectivity index (χ1v) is 8.58. The number of imidazole rings is 1. The topological polar surface area (TPSA) is 108 Å². The standard InChI is InChI=1S/C21H19N3O4/c1-12-8-9-14(10-18(12)27-3)21(26)28-13(2)19(25)15(11-22)20-23-16-6-4-5-7-17(16)24-20/h4-10,13,25H,1-3H3,(H,23,24)/b19-15-/t13-/m0/s1. The monoisotopic (exact) mass is 377 g/mol. The number of para-hydroxylation sites is 2. The number of nitrogens with zero attached hydrogens (tertiary/aromatic N) is 2. The van der Waals surface area contributed by atoms with Gasteiger partial charge in [0.1, 0.15) is 17.4 Å². The normalized spacial score (nSPS) is 12.8. The Morgan fingerprint density at radius 3 is 2.71 bits per heavy atom. The summed E-state index contributed by atoms with van der Waals surface area (Å²) in [7, 11) is 1.52. The first-order valence-electron chi connectivity index (χ1n) is 8.58. The Morgan fingerprint density at radius 2 is 2.04 bits per heavy atom. The highest BCUT2D eigenvalue weighted by molar-refractivity contribution is 5.90. The number of aromatic amines is 1. The smallest absolute Gasteiger partial charge is 0.338 e. The van der Waals surface area contributed by atoms with Crippen molar-refractivity contribution in [1.29, 1.82) is 5.26 Å². The van der Waals surface area contributed by atoms with Gasteiger partial charge in [-0.1, -0.05) is 18.2 Å². The minimum Gasteiger partial charge on any atom is -0.507 e. The third-order valence-corrected chi connectivity index (χ3v) is 4.31. The third-order valence-electron chi connectivity index (χ3n) is 4.31. The van der Waals surface area contributed by atoms with Gasteiger partial charge in [-0.25, -0.2) is 9.78 Å². The van der Waals surface area contributed by atoms with E-state index in [1.165, 1.54) is 14.0 Å². The Kier molecular flexibility index (Phi) is 5.32. The maximum atomic E-state index is 12.4. The number of aliphatic hydroxyl groups excluding tert-OH is 1. The number of H-pyrrole nitrogens is 1. The molecule has 0 unspecified atom stereocenters. The molecule has 0 radical (unpaired) electrons. The van der Waals surface area contributed by atoms with E-state index in [1.807, 2.05) is 31.2 Å². The number of aryl methyl sites for hydroxylation is 1. The van der Waals surface area contributed by atoms with E-state index in [2.05, 4.69) is 9.97 Å². The summed E-state index contributed by atoms with van der Waals surface area (Å²) in [5, 5.41) is 20.0. The Bertz CT molecular complexity index is 1080. The molecule has 3 aromatic rings. The highest BCUT2D eigenvalue weighted by Crippen LogP contribution is 2.23. The van der Waals surface area contributed by atoms with Crippen molar-refractivity contribution in [3.63, 3.8) is 0 Å². The van der Waals surface area contributed by atoms with E-state index < -0.39 is 12.1 Å². The van der Waals surface area contributed by atoms with Gasteiger partial charge >= 0.3 is 5.97 Å². The predicted molar refractivity (Wildman–Crippen MR) is 104 cm³/mol. The molecule has 0 aliphatic rings.